The Morgan fingerprint density at radius 3 is 2.16 bits per heavy atom. The number of carbonyl (C=O) groups excluding carboxylic acids is 1. The molecule has 1 saturated heterocycles. The van der Waals surface area contributed by atoms with Gasteiger partial charge < -0.3 is 5.32 Å². The molecule has 0 aliphatic carbocycles. The van der Waals surface area contributed by atoms with Gasteiger partial charge in [-0.3, -0.25) is 9.52 Å². The van der Waals surface area contributed by atoms with Crippen LogP contribution in [0.1, 0.15) is 24.0 Å². The molecule has 0 atom stereocenters. The van der Waals surface area contributed by atoms with Crippen LogP contribution in [-0.2, 0) is 30.6 Å². The van der Waals surface area contributed by atoms with Gasteiger partial charge in [-0.2, -0.15) is 0 Å². The molecule has 1 aliphatic rings. The number of hydrogen-bond donors (Lipinski definition) is 2. The standard InChI is InChI=1S/C26H27ClFN3O5S2/c1-18-2-7-23(16-25(18)27)30-38(35,36)24-10-8-22(9-11-24)29-26(32)20-12-14-31(15-13-20)37(33,34)17-19-3-5-21(28)6-4-19/h2-11,16,20,30H,12-15,17H2,1H3,(H,29,32). The van der Waals surface area contributed by atoms with E-state index >= 15 is 0 Å². The fourth-order valence-corrected chi connectivity index (χ4v) is 6.90. The van der Waals surface area contributed by atoms with Crippen molar-refractivity contribution in [2.45, 2.75) is 30.4 Å². The number of rotatable bonds is 8. The molecule has 1 amide bonds. The summed E-state index contributed by atoms with van der Waals surface area (Å²) >= 11 is 6.07. The average molecular weight is 580 g/mol. The normalized spacial score (nSPS) is 15.2. The molecule has 0 spiro atoms. The highest BCUT2D eigenvalue weighted by Crippen LogP contribution is 2.25. The van der Waals surface area contributed by atoms with Crippen LogP contribution < -0.4 is 10.0 Å². The third kappa shape index (κ3) is 6.90. The van der Waals surface area contributed by atoms with Crippen molar-refractivity contribution in [1.29, 1.82) is 0 Å². The van der Waals surface area contributed by atoms with Crippen LogP contribution in [0.2, 0.25) is 5.02 Å². The molecule has 0 bridgehead atoms. The summed E-state index contributed by atoms with van der Waals surface area (Å²) in [5, 5.41) is 3.22. The number of amides is 1. The van der Waals surface area contributed by atoms with Gasteiger partial charge in [0.2, 0.25) is 15.9 Å². The number of sulfonamides is 2. The van der Waals surface area contributed by atoms with Crippen molar-refractivity contribution in [2.75, 3.05) is 23.1 Å². The number of halogens is 2. The largest absolute Gasteiger partial charge is 0.326 e. The maximum Gasteiger partial charge on any atom is 0.261 e. The number of nitrogens with zero attached hydrogens (tertiary/aromatic N) is 1. The summed E-state index contributed by atoms with van der Waals surface area (Å²) in [6.45, 7) is 2.22. The van der Waals surface area contributed by atoms with E-state index < -0.39 is 25.9 Å². The zero-order chi connectivity index (χ0) is 27.5. The van der Waals surface area contributed by atoms with E-state index in [0.29, 0.717) is 34.8 Å². The first-order chi connectivity index (χ1) is 17.9. The van der Waals surface area contributed by atoms with E-state index in [1.165, 1.54) is 58.9 Å². The quantitative estimate of drug-likeness (QED) is 0.399. The Morgan fingerprint density at radius 2 is 1.55 bits per heavy atom. The molecule has 8 nitrogen and oxygen atoms in total. The summed E-state index contributed by atoms with van der Waals surface area (Å²) in [6.07, 6.45) is 0.702. The first-order valence-corrected chi connectivity index (χ1v) is 15.3. The molecule has 0 unspecified atom stereocenters. The summed E-state index contributed by atoms with van der Waals surface area (Å²) in [5.74, 6) is -1.31. The maximum atomic E-state index is 13.1. The number of nitrogens with one attached hydrogen (secondary N) is 2. The van der Waals surface area contributed by atoms with Crippen molar-refractivity contribution < 1.29 is 26.0 Å². The highest BCUT2D eigenvalue weighted by molar-refractivity contribution is 7.92. The van der Waals surface area contributed by atoms with E-state index in [1.54, 1.807) is 12.1 Å². The minimum Gasteiger partial charge on any atom is -0.326 e. The monoisotopic (exact) mass is 579 g/mol. The molecular formula is C26H27ClFN3O5S2. The van der Waals surface area contributed by atoms with Gasteiger partial charge in [0, 0.05) is 29.7 Å². The van der Waals surface area contributed by atoms with Gasteiger partial charge in [-0.05, 0) is 79.4 Å². The Hall–Kier alpha value is -2.99. The number of piperidine rings is 1. The van der Waals surface area contributed by atoms with Crippen LogP contribution in [0.25, 0.3) is 0 Å². The summed E-state index contributed by atoms with van der Waals surface area (Å²) in [4.78, 5) is 12.8. The Kier molecular flexibility index (Phi) is 8.41. The first-order valence-electron chi connectivity index (χ1n) is 11.9. The van der Waals surface area contributed by atoms with Crippen LogP contribution in [0.3, 0.4) is 0 Å². The third-order valence-electron chi connectivity index (χ3n) is 6.34. The van der Waals surface area contributed by atoms with E-state index in [1.807, 2.05) is 6.92 Å². The lowest BCUT2D eigenvalue weighted by Gasteiger charge is -2.30. The van der Waals surface area contributed by atoms with Crippen molar-refractivity contribution in [3.8, 4) is 0 Å². The Morgan fingerprint density at radius 1 is 0.947 bits per heavy atom. The van der Waals surface area contributed by atoms with E-state index in [9.17, 15) is 26.0 Å². The van der Waals surface area contributed by atoms with Crippen molar-refractivity contribution >= 4 is 48.9 Å². The van der Waals surface area contributed by atoms with E-state index in [0.717, 1.165) is 5.56 Å². The second-order valence-electron chi connectivity index (χ2n) is 9.14. The minimum absolute atomic E-state index is 0.0202. The van der Waals surface area contributed by atoms with Crippen LogP contribution in [0.15, 0.2) is 71.6 Å². The topological polar surface area (TPSA) is 113 Å². The van der Waals surface area contributed by atoms with Gasteiger partial charge in [-0.1, -0.05) is 29.8 Å². The van der Waals surface area contributed by atoms with E-state index in [2.05, 4.69) is 10.0 Å². The van der Waals surface area contributed by atoms with Gasteiger partial charge in [0.1, 0.15) is 5.82 Å². The lowest BCUT2D eigenvalue weighted by atomic mass is 9.97. The van der Waals surface area contributed by atoms with Crippen molar-refractivity contribution in [3.05, 3.63) is 88.7 Å². The predicted molar refractivity (Wildman–Crippen MR) is 145 cm³/mol. The van der Waals surface area contributed by atoms with E-state index in [-0.39, 0.29) is 35.6 Å². The molecule has 2 N–H and O–H groups in total. The Balaban J connectivity index is 1.31. The van der Waals surface area contributed by atoms with Crippen LogP contribution in [0.5, 0.6) is 0 Å². The van der Waals surface area contributed by atoms with Crippen LogP contribution >= 0.6 is 11.6 Å². The molecule has 0 aromatic heterocycles. The lowest BCUT2D eigenvalue weighted by molar-refractivity contribution is -0.120. The van der Waals surface area contributed by atoms with Crippen molar-refractivity contribution in [3.63, 3.8) is 0 Å². The molecule has 0 radical (unpaired) electrons. The molecule has 1 aliphatic heterocycles. The first kappa shape index (κ1) is 28.0. The smallest absolute Gasteiger partial charge is 0.261 e. The van der Waals surface area contributed by atoms with E-state index in [4.69, 9.17) is 11.6 Å². The zero-order valence-corrected chi connectivity index (χ0v) is 22.9. The number of benzene rings is 3. The Bertz CT molecular complexity index is 1520. The summed E-state index contributed by atoms with van der Waals surface area (Å²) in [6, 6.07) is 16.0. The number of carbonyl (C=O) groups is 1. The van der Waals surface area contributed by atoms with Crippen LogP contribution in [0, 0.1) is 18.7 Å². The van der Waals surface area contributed by atoms with Gasteiger partial charge in [0.25, 0.3) is 10.0 Å². The number of hydrogen-bond acceptors (Lipinski definition) is 5. The molecule has 202 valence electrons. The zero-order valence-electron chi connectivity index (χ0n) is 20.5. The minimum atomic E-state index is -3.86. The highest BCUT2D eigenvalue weighted by Gasteiger charge is 2.31. The van der Waals surface area contributed by atoms with Gasteiger partial charge in [-0.25, -0.2) is 25.5 Å². The fraction of sp³-hybridized carbons (Fsp3) is 0.269. The second kappa shape index (κ2) is 11.4. The van der Waals surface area contributed by atoms with Crippen molar-refractivity contribution in [2.24, 2.45) is 5.92 Å². The molecule has 3 aromatic carbocycles. The van der Waals surface area contributed by atoms with Gasteiger partial charge in [-0.15, -0.1) is 0 Å². The van der Waals surface area contributed by atoms with Gasteiger partial charge in [0.05, 0.1) is 16.3 Å². The number of aryl methyl sites for hydroxylation is 1. The van der Waals surface area contributed by atoms with Crippen LogP contribution in [0.4, 0.5) is 15.8 Å². The molecular weight excluding hydrogens is 553 g/mol. The van der Waals surface area contributed by atoms with Crippen LogP contribution in [-0.4, -0.2) is 40.1 Å². The SMILES string of the molecule is Cc1ccc(NS(=O)(=O)c2ccc(NC(=O)C3CCN(S(=O)(=O)Cc4ccc(F)cc4)CC3)cc2)cc1Cl. The van der Waals surface area contributed by atoms with Gasteiger partial charge >= 0.3 is 0 Å². The predicted octanol–water partition coefficient (Wildman–Crippen LogP) is 4.77. The maximum absolute atomic E-state index is 13.1. The van der Waals surface area contributed by atoms with Crippen molar-refractivity contribution in [1.82, 2.24) is 4.31 Å². The molecule has 12 heteroatoms. The summed E-state index contributed by atoms with van der Waals surface area (Å²) in [5.41, 5.74) is 2.09. The molecule has 4 rings (SSSR count). The summed E-state index contributed by atoms with van der Waals surface area (Å²) < 4.78 is 67.8. The molecule has 0 saturated carbocycles. The second-order valence-corrected chi connectivity index (χ2v) is 13.2. The third-order valence-corrected chi connectivity index (χ3v) is 9.99. The fourth-order valence-electron chi connectivity index (χ4n) is 4.11. The Labute approximate surface area is 226 Å². The summed E-state index contributed by atoms with van der Waals surface area (Å²) in [7, 11) is -7.45. The molecule has 1 heterocycles. The molecule has 3 aromatic rings. The average Bonchev–Trinajstić information content (AvgIpc) is 2.88. The van der Waals surface area contributed by atoms with Gasteiger partial charge in [0.15, 0.2) is 0 Å². The molecule has 1 fully saturated rings. The highest BCUT2D eigenvalue weighted by atomic mass is 35.5. The molecule has 38 heavy (non-hydrogen) atoms. The number of anilines is 2. The lowest BCUT2D eigenvalue weighted by Crippen LogP contribution is -2.41.